The smallest absolute Gasteiger partial charge is 0.338 e. The van der Waals surface area contributed by atoms with Gasteiger partial charge in [-0.2, -0.15) is 0 Å². The summed E-state index contributed by atoms with van der Waals surface area (Å²) in [5.41, 5.74) is 3.58. The van der Waals surface area contributed by atoms with E-state index in [0.29, 0.717) is 57.6 Å². The van der Waals surface area contributed by atoms with Crippen molar-refractivity contribution in [3.05, 3.63) is 59.2 Å². The maximum absolute atomic E-state index is 13.4. The van der Waals surface area contributed by atoms with Crippen molar-refractivity contribution < 1.29 is 38.0 Å². The Labute approximate surface area is 229 Å². The summed E-state index contributed by atoms with van der Waals surface area (Å²) in [6, 6.07) is 12.8. The molecule has 0 spiro atoms. The van der Waals surface area contributed by atoms with Crippen LogP contribution in [0, 0.1) is 11.8 Å². The van der Waals surface area contributed by atoms with Crippen molar-refractivity contribution >= 4 is 5.97 Å². The molecule has 0 N–H and O–H groups in total. The number of ether oxygens (including phenoxy) is 7. The zero-order valence-corrected chi connectivity index (χ0v) is 23.7. The van der Waals surface area contributed by atoms with E-state index in [1.165, 1.54) is 0 Å². The minimum Gasteiger partial charge on any atom is -0.493 e. The largest absolute Gasteiger partial charge is 0.493 e. The van der Waals surface area contributed by atoms with Crippen molar-refractivity contribution in [2.45, 2.75) is 26.4 Å². The summed E-state index contributed by atoms with van der Waals surface area (Å²) in [6.07, 6.45) is 0.0196. The lowest BCUT2D eigenvalue weighted by Gasteiger charge is -2.35. The molecule has 4 rings (SSSR count). The van der Waals surface area contributed by atoms with E-state index in [-0.39, 0.29) is 11.8 Å². The highest BCUT2D eigenvalue weighted by Gasteiger charge is 2.39. The van der Waals surface area contributed by atoms with Gasteiger partial charge in [0.2, 0.25) is 11.5 Å². The zero-order valence-electron chi connectivity index (χ0n) is 23.7. The number of fused-ring (bicyclic) bond motifs is 3. The minimum absolute atomic E-state index is 0.0774. The molecule has 0 saturated heterocycles. The minimum atomic E-state index is -0.637. The number of rotatable bonds is 8. The highest BCUT2D eigenvalue weighted by atomic mass is 16.6. The van der Waals surface area contributed by atoms with Gasteiger partial charge in [0, 0.05) is 22.6 Å². The fourth-order valence-electron chi connectivity index (χ4n) is 5.34. The van der Waals surface area contributed by atoms with Crippen LogP contribution >= 0.6 is 0 Å². The van der Waals surface area contributed by atoms with Crippen LogP contribution in [-0.4, -0.2) is 48.6 Å². The third-order valence-electron chi connectivity index (χ3n) is 7.49. The van der Waals surface area contributed by atoms with Gasteiger partial charge in [-0.15, -0.1) is 0 Å². The van der Waals surface area contributed by atoms with E-state index in [1.54, 1.807) is 54.8 Å². The zero-order chi connectivity index (χ0) is 28.3. The molecule has 8 heteroatoms. The Morgan fingerprint density at radius 3 is 1.77 bits per heavy atom. The maximum atomic E-state index is 13.4. The molecule has 0 saturated carbocycles. The Kier molecular flexibility index (Phi) is 8.43. The lowest BCUT2D eigenvalue weighted by molar-refractivity contribution is 0.00698. The van der Waals surface area contributed by atoms with Crippen molar-refractivity contribution in [2.75, 3.05) is 42.7 Å². The van der Waals surface area contributed by atoms with E-state index in [2.05, 4.69) is 13.8 Å². The van der Waals surface area contributed by atoms with E-state index < -0.39 is 12.1 Å². The van der Waals surface area contributed by atoms with Crippen LogP contribution in [0.25, 0.3) is 11.1 Å². The Bertz CT molecular complexity index is 1330. The SMILES string of the molecule is COc1cc2c(c(OC)c1OC)-c1c(cc(OC)c(OC)c1OC)C(OC(=O)c1ccccc1)C(C)C(C)C2. The Morgan fingerprint density at radius 1 is 0.692 bits per heavy atom. The molecule has 0 amide bonds. The predicted molar refractivity (Wildman–Crippen MR) is 148 cm³/mol. The standard InChI is InChI=1S/C31H36O8/c1-17-14-20-15-22(33-3)27(35-5)29(37-7)24(20)25-21(16-23(34-4)28(36-6)30(25)38-8)26(18(17)2)39-31(32)19-12-10-9-11-13-19/h9-13,15-18,26H,14H2,1-8H3. The third-order valence-corrected chi connectivity index (χ3v) is 7.49. The van der Waals surface area contributed by atoms with Crippen LogP contribution in [0.4, 0.5) is 0 Å². The Balaban J connectivity index is 2.11. The first-order chi connectivity index (χ1) is 18.8. The highest BCUT2D eigenvalue weighted by Crippen LogP contribution is 2.57. The molecule has 3 atom stereocenters. The van der Waals surface area contributed by atoms with Crippen molar-refractivity contribution in [3.63, 3.8) is 0 Å². The van der Waals surface area contributed by atoms with E-state index in [9.17, 15) is 4.79 Å². The number of carbonyl (C=O) groups excluding carboxylic acids is 1. The van der Waals surface area contributed by atoms with Gasteiger partial charge in [-0.05, 0) is 42.2 Å². The summed E-state index contributed by atoms with van der Waals surface area (Å²) in [4.78, 5) is 13.4. The molecule has 1 aliphatic rings. The molecule has 39 heavy (non-hydrogen) atoms. The molecule has 0 aromatic heterocycles. The summed E-state index contributed by atoms with van der Waals surface area (Å²) >= 11 is 0. The second-order valence-corrected chi connectivity index (χ2v) is 9.52. The number of esters is 1. The number of benzene rings is 3. The maximum Gasteiger partial charge on any atom is 0.338 e. The van der Waals surface area contributed by atoms with E-state index in [1.807, 2.05) is 30.3 Å². The lowest BCUT2D eigenvalue weighted by Crippen LogP contribution is -2.27. The van der Waals surface area contributed by atoms with Crippen LogP contribution in [0.15, 0.2) is 42.5 Å². The van der Waals surface area contributed by atoms with Gasteiger partial charge in [-0.3, -0.25) is 0 Å². The third kappa shape index (κ3) is 4.91. The monoisotopic (exact) mass is 536 g/mol. The normalized spacial score (nSPS) is 18.0. The number of hydrogen-bond donors (Lipinski definition) is 0. The van der Waals surface area contributed by atoms with Crippen LogP contribution in [-0.2, 0) is 11.2 Å². The molecule has 0 radical (unpaired) electrons. The average Bonchev–Trinajstić information content (AvgIpc) is 2.97. The van der Waals surface area contributed by atoms with Crippen LogP contribution in [0.5, 0.6) is 34.5 Å². The van der Waals surface area contributed by atoms with Crippen LogP contribution in [0.1, 0.15) is 41.4 Å². The molecule has 208 valence electrons. The molecular formula is C31H36O8. The lowest BCUT2D eigenvalue weighted by atomic mass is 9.75. The van der Waals surface area contributed by atoms with Crippen molar-refractivity contribution in [1.82, 2.24) is 0 Å². The fourth-order valence-corrected chi connectivity index (χ4v) is 5.34. The second kappa shape index (κ2) is 11.8. The summed E-state index contributed by atoms with van der Waals surface area (Å²) < 4.78 is 41.2. The Hall–Kier alpha value is -4.07. The average molecular weight is 537 g/mol. The molecule has 3 aromatic rings. The van der Waals surface area contributed by atoms with Crippen LogP contribution in [0.3, 0.4) is 0 Å². The number of methoxy groups -OCH3 is 6. The van der Waals surface area contributed by atoms with E-state index in [4.69, 9.17) is 33.2 Å². The summed E-state index contributed by atoms with van der Waals surface area (Å²) in [5.74, 6) is 2.39. The molecule has 0 fully saturated rings. The molecule has 8 nitrogen and oxygen atoms in total. The first-order valence-electron chi connectivity index (χ1n) is 12.8. The van der Waals surface area contributed by atoms with Gasteiger partial charge in [0.25, 0.3) is 0 Å². The van der Waals surface area contributed by atoms with Crippen LogP contribution < -0.4 is 28.4 Å². The van der Waals surface area contributed by atoms with Gasteiger partial charge >= 0.3 is 5.97 Å². The van der Waals surface area contributed by atoms with Crippen molar-refractivity contribution in [1.29, 1.82) is 0 Å². The molecule has 0 heterocycles. The fraction of sp³-hybridized carbons (Fsp3) is 0.387. The quantitative estimate of drug-likeness (QED) is 0.318. The number of hydrogen-bond acceptors (Lipinski definition) is 8. The van der Waals surface area contributed by atoms with Crippen molar-refractivity contribution in [2.24, 2.45) is 11.8 Å². The van der Waals surface area contributed by atoms with Gasteiger partial charge in [0.1, 0.15) is 6.10 Å². The summed E-state index contributed by atoms with van der Waals surface area (Å²) in [6.45, 7) is 4.23. The highest BCUT2D eigenvalue weighted by molar-refractivity contribution is 5.91. The molecule has 0 bridgehead atoms. The van der Waals surface area contributed by atoms with Crippen LogP contribution in [0.2, 0.25) is 0 Å². The molecule has 1 aliphatic carbocycles. The van der Waals surface area contributed by atoms with Gasteiger partial charge < -0.3 is 33.2 Å². The molecule has 0 aliphatic heterocycles. The molecule has 3 aromatic carbocycles. The second-order valence-electron chi connectivity index (χ2n) is 9.52. The topological polar surface area (TPSA) is 81.7 Å². The van der Waals surface area contributed by atoms with Crippen molar-refractivity contribution in [3.8, 4) is 45.6 Å². The van der Waals surface area contributed by atoms with Gasteiger partial charge in [0.05, 0.1) is 48.2 Å². The number of carbonyl (C=O) groups is 1. The van der Waals surface area contributed by atoms with E-state index >= 15 is 0 Å². The first kappa shape index (κ1) is 28.0. The van der Waals surface area contributed by atoms with Gasteiger partial charge in [-0.1, -0.05) is 32.0 Å². The summed E-state index contributed by atoms with van der Waals surface area (Å²) in [5, 5.41) is 0. The first-order valence-corrected chi connectivity index (χ1v) is 12.8. The van der Waals surface area contributed by atoms with E-state index in [0.717, 1.165) is 11.1 Å². The molecule has 3 unspecified atom stereocenters. The molecular weight excluding hydrogens is 500 g/mol. The van der Waals surface area contributed by atoms with Gasteiger partial charge in [-0.25, -0.2) is 4.79 Å². The summed E-state index contributed by atoms with van der Waals surface area (Å²) in [7, 11) is 9.44. The predicted octanol–water partition coefficient (Wildman–Crippen LogP) is 6.13. The van der Waals surface area contributed by atoms with Gasteiger partial charge in [0.15, 0.2) is 23.0 Å². The Morgan fingerprint density at radius 2 is 1.23 bits per heavy atom.